The van der Waals surface area contributed by atoms with Gasteiger partial charge >= 0.3 is 0 Å². The third kappa shape index (κ3) is 3.50. The lowest BCUT2D eigenvalue weighted by atomic mass is 10.1. The first-order valence-electron chi connectivity index (χ1n) is 4.43. The Balaban J connectivity index is 2.84. The van der Waals surface area contributed by atoms with Crippen LogP contribution in [-0.4, -0.2) is 5.91 Å². The summed E-state index contributed by atoms with van der Waals surface area (Å²) >= 11 is 0. The molecule has 0 aromatic heterocycles. The molecule has 0 fully saturated rings. The van der Waals surface area contributed by atoms with E-state index in [2.05, 4.69) is 0 Å². The number of carbonyl (C=O) groups is 1. The molecular formula is C11H11F2NO. The van der Waals surface area contributed by atoms with Crippen molar-refractivity contribution in [1.82, 2.24) is 0 Å². The summed E-state index contributed by atoms with van der Waals surface area (Å²) in [7, 11) is 0. The molecule has 1 rings (SSSR count). The highest BCUT2D eigenvalue weighted by atomic mass is 19.3. The normalized spacial score (nSPS) is 11.1. The number of nitrogens with two attached hydrogens (primary N) is 1. The zero-order valence-corrected chi connectivity index (χ0v) is 7.99. The molecule has 0 aliphatic rings. The Labute approximate surface area is 86.4 Å². The van der Waals surface area contributed by atoms with Crippen LogP contribution < -0.4 is 5.73 Å². The van der Waals surface area contributed by atoms with Gasteiger partial charge < -0.3 is 5.73 Å². The summed E-state index contributed by atoms with van der Waals surface area (Å²) in [6, 6.07) is 6.14. The number of benzene rings is 1. The van der Waals surface area contributed by atoms with Gasteiger partial charge in [-0.3, -0.25) is 4.79 Å². The van der Waals surface area contributed by atoms with E-state index in [4.69, 9.17) is 5.73 Å². The van der Waals surface area contributed by atoms with E-state index in [1.54, 1.807) is 18.2 Å². The molecule has 1 aromatic rings. The van der Waals surface area contributed by atoms with Crippen LogP contribution in [0.4, 0.5) is 8.78 Å². The molecule has 0 bridgehead atoms. The molecule has 0 saturated carbocycles. The highest BCUT2D eigenvalue weighted by molar-refractivity contribution is 5.76. The van der Waals surface area contributed by atoms with Crippen LogP contribution >= 0.6 is 0 Å². The Morgan fingerprint density at radius 3 is 2.67 bits per heavy atom. The first kappa shape index (κ1) is 11.4. The zero-order chi connectivity index (χ0) is 11.3. The molecule has 80 valence electrons. The fraction of sp³-hybridized carbons (Fsp3) is 0.182. The van der Waals surface area contributed by atoms with Gasteiger partial charge in [-0.25, -0.2) is 8.78 Å². The van der Waals surface area contributed by atoms with Gasteiger partial charge in [-0.15, -0.1) is 0 Å². The van der Waals surface area contributed by atoms with E-state index >= 15 is 0 Å². The second kappa shape index (κ2) is 5.24. The Bertz CT molecular complexity index is 375. The number of hydrogen-bond donors (Lipinski definition) is 1. The second-order valence-electron chi connectivity index (χ2n) is 3.00. The number of alkyl halides is 2. The van der Waals surface area contributed by atoms with Crippen molar-refractivity contribution in [1.29, 1.82) is 0 Å². The fourth-order valence-corrected chi connectivity index (χ4v) is 1.16. The molecule has 0 heterocycles. The summed E-state index contributed by atoms with van der Waals surface area (Å²) < 4.78 is 25.0. The van der Waals surface area contributed by atoms with Crippen molar-refractivity contribution in [2.45, 2.75) is 12.8 Å². The Morgan fingerprint density at radius 1 is 1.40 bits per heavy atom. The Hall–Kier alpha value is -1.71. The lowest BCUT2D eigenvalue weighted by molar-refractivity contribution is -0.117. The number of hydrogen-bond acceptors (Lipinski definition) is 1. The third-order valence-corrected chi connectivity index (χ3v) is 1.85. The van der Waals surface area contributed by atoms with Gasteiger partial charge in [0.25, 0.3) is 6.43 Å². The van der Waals surface area contributed by atoms with Crippen molar-refractivity contribution in [3.63, 3.8) is 0 Å². The van der Waals surface area contributed by atoms with Crippen molar-refractivity contribution in [3.8, 4) is 0 Å². The van der Waals surface area contributed by atoms with E-state index in [9.17, 15) is 13.6 Å². The molecule has 2 N–H and O–H groups in total. The van der Waals surface area contributed by atoms with Crippen molar-refractivity contribution < 1.29 is 13.6 Å². The largest absolute Gasteiger partial charge is 0.369 e. The van der Waals surface area contributed by atoms with Gasteiger partial charge in [0, 0.05) is 12.0 Å². The number of primary amides is 1. The lowest BCUT2D eigenvalue weighted by Gasteiger charge is -2.03. The predicted octanol–water partition coefficient (Wildman–Crippen LogP) is 2.51. The number of amides is 1. The molecule has 0 spiro atoms. The van der Waals surface area contributed by atoms with E-state index in [0.29, 0.717) is 5.56 Å². The molecule has 0 saturated heterocycles. The van der Waals surface area contributed by atoms with Crippen LogP contribution in [0.15, 0.2) is 30.3 Å². The minimum Gasteiger partial charge on any atom is -0.369 e. The molecular weight excluding hydrogens is 200 g/mol. The Morgan fingerprint density at radius 2 is 2.07 bits per heavy atom. The molecule has 0 aliphatic carbocycles. The summed E-state index contributed by atoms with van der Waals surface area (Å²) in [6.07, 6.45) is 0.493. The van der Waals surface area contributed by atoms with Crippen LogP contribution in [0.25, 0.3) is 6.08 Å². The third-order valence-electron chi connectivity index (χ3n) is 1.85. The summed E-state index contributed by atoms with van der Waals surface area (Å²) in [5.41, 5.74) is 5.28. The maximum absolute atomic E-state index is 12.5. The van der Waals surface area contributed by atoms with Crippen LogP contribution in [0.1, 0.15) is 24.0 Å². The highest BCUT2D eigenvalue weighted by Crippen LogP contribution is 2.23. The van der Waals surface area contributed by atoms with Crippen molar-refractivity contribution in [2.75, 3.05) is 0 Å². The summed E-state index contributed by atoms with van der Waals surface area (Å²) in [5.74, 6) is -0.485. The molecule has 4 heteroatoms. The lowest BCUT2D eigenvalue weighted by Crippen LogP contribution is -2.07. The minimum absolute atomic E-state index is 0.0433. The molecule has 1 amide bonds. The van der Waals surface area contributed by atoms with Crippen LogP contribution in [0, 0.1) is 0 Å². The maximum atomic E-state index is 12.5. The van der Waals surface area contributed by atoms with Gasteiger partial charge in [0.05, 0.1) is 0 Å². The Kier molecular flexibility index (Phi) is 3.97. The number of halogens is 2. The monoisotopic (exact) mass is 211 g/mol. The SMILES string of the molecule is NC(=O)CC=Cc1ccccc1C(F)F. The van der Waals surface area contributed by atoms with E-state index in [1.165, 1.54) is 18.2 Å². The predicted molar refractivity (Wildman–Crippen MR) is 54.2 cm³/mol. The first-order chi connectivity index (χ1) is 7.11. The van der Waals surface area contributed by atoms with E-state index < -0.39 is 12.3 Å². The first-order valence-corrected chi connectivity index (χ1v) is 4.43. The summed E-state index contributed by atoms with van der Waals surface area (Å²) in [6.45, 7) is 0. The van der Waals surface area contributed by atoms with Crippen LogP contribution in [-0.2, 0) is 4.79 Å². The molecule has 0 radical (unpaired) electrons. The van der Waals surface area contributed by atoms with Gasteiger partial charge in [-0.05, 0) is 5.56 Å². The standard InChI is InChI=1S/C11H11F2NO/c12-11(13)9-6-2-1-4-8(9)5-3-7-10(14)15/h1-6,11H,7H2,(H2,14,15). The fourth-order valence-electron chi connectivity index (χ4n) is 1.16. The molecule has 15 heavy (non-hydrogen) atoms. The van der Waals surface area contributed by atoms with E-state index in [1.807, 2.05) is 0 Å². The molecule has 0 unspecified atom stereocenters. The average molecular weight is 211 g/mol. The van der Waals surface area contributed by atoms with Gasteiger partial charge in [-0.2, -0.15) is 0 Å². The van der Waals surface area contributed by atoms with Crippen LogP contribution in [0.5, 0.6) is 0 Å². The number of carbonyl (C=O) groups excluding carboxylic acids is 1. The minimum atomic E-state index is -2.51. The summed E-state index contributed by atoms with van der Waals surface area (Å²) in [5, 5.41) is 0. The maximum Gasteiger partial charge on any atom is 0.264 e. The quantitative estimate of drug-likeness (QED) is 0.816. The van der Waals surface area contributed by atoms with Crippen molar-refractivity contribution >= 4 is 12.0 Å². The van der Waals surface area contributed by atoms with Crippen LogP contribution in [0.2, 0.25) is 0 Å². The zero-order valence-electron chi connectivity index (χ0n) is 7.99. The van der Waals surface area contributed by atoms with Crippen molar-refractivity contribution in [3.05, 3.63) is 41.5 Å². The smallest absolute Gasteiger partial charge is 0.264 e. The molecule has 1 aromatic carbocycles. The highest BCUT2D eigenvalue weighted by Gasteiger charge is 2.09. The van der Waals surface area contributed by atoms with E-state index in [0.717, 1.165) is 0 Å². The van der Waals surface area contributed by atoms with Gasteiger partial charge in [0.15, 0.2) is 0 Å². The van der Waals surface area contributed by atoms with Crippen molar-refractivity contribution in [2.24, 2.45) is 5.73 Å². The van der Waals surface area contributed by atoms with Gasteiger partial charge in [0.2, 0.25) is 5.91 Å². The van der Waals surface area contributed by atoms with Crippen LogP contribution in [0.3, 0.4) is 0 Å². The summed E-state index contributed by atoms with van der Waals surface area (Å²) in [4.78, 5) is 10.4. The van der Waals surface area contributed by atoms with Gasteiger partial charge in [0.1, 0.15) is 0 Å². The molecule has 0 aliphatic heterocycles. The van der Waals surface area contributed by atoms with E-state index in [-0.39, 0.29) is 12.0 Å². The number of rotatable bonds is 4. The average Bonchev–Trinajstić information content (AvgIpc) is 2.17. The second-order valence-corrected chi connectivity index (χ2v) is 3.00. The van der Waals surface area contributed by atoms with Gasteiger partial charge in [-0.1, -0.05) is 36.4 Å². The molecule has 0 atom stereocenters. The molecule has 2 nitrogen and oxygen atoms in total. The topological polar surface area (TPSA) is 43.1 Å².